The second-order valence-corrected chi connectivity index (χ2v) is 5.72. The van der Waals surface area contributed by atoms with Gasteiger partial charge in [0.05, 0.1) is 0 Å². The second-order valence-electron chi connectivity index (χ2n) is 5.72. The van der Waals surface area contributed by atoms with E-state index in [0.29, 0.717) is 11.6 Å². The monoisotopic (exact) mass is 259 g/mol. The number of amides is 1. The molecular weight excluding hydrogens is 238 g/mol. The van der Waals surface area contributed by atoms with Crippen LogP contribution in [0.15, 0.2) is 24.3 Å². The summed E-state index contributed by atoms with van der Waals surface area (Å²) >= 11 is 0. The molecule has 4 nitrogen and oxygen atoms in total. The fraction of sp³-hybridized carbons (Fsp3) is 0.533. The number of nitrogens with two attached hydrogens (primary N) is 1. The van der Waals surface area contributed by atoms with Crippen LogP contribution in [-0.2, 0) is 6.54 Å². The van der Waals surface area contributed by atoms with Crippen molar-refractivity contribution in [3.8, 4) is 0 Å². The highest BCUT2D eigenvalue weighted by atomic mass is 16.1. The Balaban J connectivity index is 1.61. The van der Waals surface area contributed by atoms with E-state index < -0.39 is 0 Å². The molecule has 0 radical (unpaired) electrons. The Morgan fingerprint density at radius 1 is 1.32 bits per heavy atom. The molecule has 4 heteroatoms. The van der Waals surface area contributed by atoms with Crippen molar-refractivity contribution >= 4 is 5.91 Å². The molecule has 2 heterocycles. The van der Waals surface area contributed by atoms with Crippen molar-refractivity contribution in [1.29, 1.82) is 0 Å². The van der Waals surface area contributed by atoms with Crippen LogP contribution in [0.1, 0.15) is 28.8 Å². The van der Waals surface area contributed by atoms with Crippen molar-refractivity contribution in [2.45, 2.75) is 25.4 Å². The molecule has 2 fully saturated rings. The molecule has 2 aliphatic rings. The smallest absolute Gasteiger partial charge is 0.248 e. The summed E-state index contributed by atoms with van der Waals surface area (Å²) < 4.78 is 0. The number of benzene rings is 1. The number of rotatable bonds is 3. The number of carbonyl (C=O) groups is 1. The van der Waals surface area contributed by atoms with Crippen LogP contribution in [0.5, 0.6) is 0 Å². The third-order valence-corrected chi connectivity index (χ3v) is 4.32. The number of nitrogens with one attached hydrogen (secondary N) is 1. The fourth-order valence-electron chi connectivity index (χ4n) is 3.30. The Bertz CT molecular complexity index is 443. The first-order valence-corrected chi connectivity index (χ1v) is 7.07. The number of hydrogen-bond acceptors (Lipinski definition) is 3. The Morgan fingerprint density at radius 2 is 2.11 bits per heavy atom. The van der Waals surface area contributed by atoms with Crippen LogP contribution in [0.25, 0.3) is 0 Å². The molecular formula is C15H21N3O. The zero-order valence-corrected chi connectivity index (χ0v) is 11.1. The maximum Gasteiger partial charge on any atom is 0.248 e. The molecule has 2 saturated heterocycles. The summed E-state index contributed by atoms with van der Waals surface area (Å²) in [6.07, 6.45) is 2.66. The molecule has 0 aromatic heterocycles. The van der Waals surface area contributed by atoms with Gasteiger partial charge in [0.25, 0.3) is 0 Å². The molecule has 2 aliphatic heterocycles. The zero-order valence-electron chi connectivity index (χ0n) is 11.1. The molecule has 1 aromatic rings. The largest absolute Gasteiger partial charge is 0.366 e. The van der Waals surface area contributed by atoms with Crippen molar-refractivity contribution in [2.24, 2.45) is 11.7 Å². The number of nitrogens with zero attached hydrogens (tertiary/aromatic N) is 1. The number of piperidine rings is 1. The van der Waals surface area contributed by atoms with Gasteiger partial charge in [0.15, 0.2) is 0 Å². The van der Waals surface area contributed by atoms with Crippen LogP contribution in [-0.4, -0.2) is 36.5 Å². The quantitative estimate of drug-likeness (QED) is 0.850. The summed E-state index contributed by atoms with van der Waals surface area (Å²) in [7, 11) is 0. The first kappa shape index (κ1) is 12.6. The van der Waals surface area contributed by atoms with Gasteiger partial charge in [-0.1, -0.05) is 12.1 Å². The Hall–Kier alpha value is -1.39. The minimum atomic E-state index is -0.358. The van der Waals surface area contributed by atoms with E-state index >= 15 is 0 Å². The topological polar surface area (TPSA) is 58.4 Å². The van der Waals surface area contributed by atoms with E-state index in [-0.39, 0.29) is 5.91 Å². The van der Waals surface area contributed by atoms with E-state index in [1.54, 1.807) is 0 Å². The van der Waals surface area contributed by atoms with E-state index in [9.17, 15) is 4.79 Å². The standard InChI is InChI=1S/C15H21N3O/c16-15(19)12-5-3-11(4-6-12)8-18-9-13-2-1-7-17-14(13)10-18/h3-6,13-14,17H,1-2,7-10H2,(H2,16,19)/t13-,14+/m0/s1. The molecule has 0 spiro atoms. The lowest BCUT2D eigenvalue weighted by atomic mass is 9.94. The first-order valence-electron chi connectivity index (χ1n) is 7.07. The summed E-state index contributed by atoms with van der Waals surface area (Å²) in [6, 6.07) is 8.34. The molecule has 19 heavy (non-hydrogen) atoms. The zero-order chi connectivity index (χ0) is 13.2. The van der Waals surface area contributed by atoms with Gasteiger partial charge in [-0.05, 0) is 43.0 Å². The van der Waals surface area contributed by atoms with Crippen LogP contribution in [0.3, 0.4) is 0 Å². The predicted octanol–water partition coefficient (Wildman–Crippen LogP) is 0.969. The van der Waals surface area contributed by atoms with Gasteiger partial charge in [-0.15, -0.1) is 0 Å². The lowest BCUT2D eigenvalue weighted by molar-refractivity contribution is 0.100. The molecule has 3 rings (SSSR count). The maximum atomic E-state index is 11.0. The van der Waals surface area contributed by atoms with Gasteiger partial charge in [-0.2, -0.15) is 0 Å². The third kappa shape index (κ3) is 2.80. The Kier molecular flexibility index (Phi) is 3.53. The Morgan fingerprint density at radius 3 is 2.79 bits per heavy atom. The number of hydrogen-bond donors (Lipinski definition) is 2. The predicted molar refractivity (Wildman–Crippen MR) is 74.8 cm³/mol. The maximum absolute atomic E-state index is 11.0. The van der Waals surface area contributed by atoms with Crippen molar-refractivity contribution in [3.63, 3.8) is 0 Å². The number of primary amides is 1. The SMILES string of the molecule is NC(=O)c1ccc(CN2C[C@@H]3CCCN[C@@H]3C2)cc1. The molecule has 1 aromatic carbocycles. The van der Waals surface area contributed by atoms with Crippen LogP contribution in [0.4, 0.5) is 0 Å². The van der Waals surface area contributed by atoms with Crippen molar-refractivity contribution in [1.82, 2.24) is 10.2 Å². The highest BCUT2D eigenvalue weighted by molar-refractivity contribution is 5.92. The van der Waals surface area contributed by atoms with Gasteiger partial charge >= 0.3 is 0 Å². The molecule has 0 bridgehead atoms. The molecule has 3 N–H and O–H groups in total. The van der Waals surface area contributed by atoms with Gasteiger partial charge in [0.2, 0.25) is 5.91 Å². The van der Waals surface area contributed by atoms with Gasteiger partial charge in [-0.25, -0.2) is 0 Å². The molecule has 2 atom stereocenters. The van der Waals surface area contributed by atoms with Crippen molar-refractivity contribution in [3.05, 3.63) is 35.4 Å². The number of carbonyl (C=O) groups excluding carboxylic acids is 1. The van der Waals surface area contributed by atoms with E-state index in [1.165, 1.54) is 31.5 Å². The average molecular weight is 259 g/mol. The van der Waals surface area contributed by atoms with E-state index in [2.05, 4.69) is 10.2 Å². The van der Waals surface area contributed by atoms with E-state index in [0.717, 1.165) is 19.0 Å². The second kappa shape index (κ2) is 5.31. The van der Waals surface area contributed by atoms with Crippen LogP contribution >= 0.6 is 0 Å². The fourth-order valence-corrected chi connectivity index (χ4v) is 3.30. The average Bonchev–Trinajstić information content (AvgIpc) is 2.81. The van der Waals surface area contributed by atoms with E-state index in [4.69, 9.17) is 5.73 Å². The molecule has 0 unspecified atom stereocenters. The summed E-state index contributed by atoms with van der Waals surface area (Å²) in [5.74, 6) is 0.460. The van der Waals surface area contributed by atoms with Crippen molar-refractivity contribution < 1.29 is 4.79 Å². The highest BCUT2D eigenvalue weighted by Gasteiger charge is 2.33. The van der Waals surface area contributed by atoms with Gasteiger partial charge in [-0.3, -0.25) is 9.69 Å². The summed E-state index contributed by atoms with van der Waals surface area (Å²) in [5.41, 5.74) is 7.09. The van der Waals surface area contributed by atoms with Gasteiger partial charge in [0, 0.05) is 31.2 Å². The van der Waals surface area contributed by atoms with Crippen molar-refractivity contribution in [2.75, 3.05) is 19.6 Å². The molecule has 0 aliphatic carbocycles. The van der Waals surface area contributed by atoms with Crippen LogP contribution < -0.4 is 11.1 Å². The summed E-state index contributed by atoms with van der Waals surface area (Å²) in [6.45, 7) is 4.47. The lowest BCUT2D eigenvalue weighted by Crippen LogP contribution is -2.40. The minimum absolute atomic E-state index is 0.358. The molecule has 102 valence electrons. The third-order valence-electron chi connectivity index (χ3n) is 4.32. The normalized spacial score (nSPS) is 27.2. The first-order chi connectivity index (χ1) is 9.22. The van der Waals surface area contributed by atoms with Gasteiger partial charge < -0.3 is 11.1 Å². The summed E-state index contributed by atoms with van der Waals surface area (Å²) in [5, 5.41) is 3.62. The lowest BCUT2D eigenvalue weighted by Gasteiger charge is -2.24. The highest BCUT2D eigenvalue weighted by Crippen LogP contribution is 2.26. The van der Waals surface area contributed by atoms with Crippen LogP contribution in [0.2, 0.25) is 0 Å². The molecule has 1 amide bonds. The van der Waals surface area contributed by atoms with Gasteiger partial charge in [0.1, 0.15) is 0 Å². The Labute approximate surface area is 114 Å². The number of fused-ring (bicyclic) bond motifs is 1. The number of likely N-dealkylation sites (tertiary alicyclic amines) is 1. The summed E-state index contributed by atoms with van der Waals surface area (Å²) in [4.78, 5) is 13.5. The minimum Gasteiger partial charge on any atom is -0.366 e. The van der Waals surface area contributed by atoms with Crippen LogP contribution in [0, 0.1) is 5.92 Å². The van der Waals surface area contributed by atoms with E-state index in [1.807, 2.05) is 24.3 Å². The molecule has 0 saturated carbocycles.